The topological polar surface area (TPSA) is 59.8 Å². The van der Waals surface area contributed by atoms with Crippen LogP contribution in [0.5, 0.6) is 0 Å². The van der Waals surface area contributed by atoms with Crippen LogP contribution in [0.3, 0.4) is 0 Å². The summed E-state index contributed by atoms with van der Waals surface area (Å²) in [5.41, 5.74) is 1.67. The van der Waals surface area contributed by atoms with Crippen LogP contribution in [-0.4, -0.2) is 20.7 Å². The highest BCUT2D eigenvalue weighted by molar-refractivity contribution is 7.20. The number of hydrogen-bond acceptors (Lipinski definition) is 4. The molecule has 0 aliphatic heterocycles. The molecule has 0 spiro atoms. The fourth-order valence-electron chi connectivity index (χ4n) is 2.73. The zero-order chi connectivity index (χ0) is 17.2. The van der Waals surface area contributed by atoms with Crippen molar-refractivity contribution in [1.29, 1.82) is 0 Å². The van der Waals surface area contributed by atoms with Crippen LogP contribution in [-0.2, 0) is 6.54 Å². The fourth-order valence-corrected chi connectivity index (χ4v) is 3.69. The summed E-state index contributed by atoms with van der Waals surface area (Å²) in [4.78, 5) is 13.3. The first-order valence-electron chi connectivity index (χ1n) is 8.03. The monoisotopic (exact) mass is 348 g/mol. The maximum atomic E-state index is 12.6. The van der Waals surface area contributed by atoms with Crippen molar-refractivity contribution in [2.75, 3.05) is 5.32 Å². The van der Waals surface area contributed by atoms with E-state index in [0.717, 1.165) is 33.7 Å². The van der Waals surface area contributed by atoms with Gasteiger partial charge in [-0.15, -0.1) is 21.5 Å². The Hall–Kier alpha value is -2.99. The number of nitrogens with one attached hydrogen (secondary N) is 1. The third-order valence-corrected chi connectivity index (χ3v) is 5.10. The number of hydrogen-bond donors (Lipinski definition) is 1. The van der Waals surface area contributed by atoms with Gasteiger partial charge in [0.15, 0.2) is 5.82 Å². The summed E-state index contributed by atoms with van der Waals surface area (Å²) in [6.45, 7) is 2.83. The Kier molecular flexibility index (Phi) is 4.03. The van der Waals surface area contributed by atoms with E-state index in [1.807, 2.05) is 66.1 Å². The van der Waals surface area contributed by atoms with Crippen molar-refractivity contribution in [3.8, 4) is 11.4 Å². The molecule has 0 atom stereocenters. The van der Waals surface area contributed by atoms with Gasteiger partial charge in [0, 0.05) is 22.5 Å². The zero-order valence-corrected chi connectivity index (χ0v) is 14.5. The SMILES string of the molecule is CCn1cnnc1-c1cccc(NC(=O)c2cc3ccccc3s2)c1. The lowest BCUT2D eigenvalue weighted by Crippen LogP contribution is -2.10. The Balaban J connectivity index is 1.60. The third kappa shape index (κ3) is 3.04. The second-order valence-electron chi connectivity index (χ2n) is 5.62. The summed E-state index contributed by atoms with van der Waals surface area (Å²) in [5, 5.41) is 12.2. The lowest BCUT2D eigenvalue weighted by atomic mass is 10.2. The summed E-state index contributed by atoms with van der Waals surface area (Å²) in [6, 6.07) is 17.6. The first-order chi connectivity index (χ1) is 12.2. The van der Waals surface area contributed by atoms with Crippen molar-refractivity contribution in [3.63, 3.8) is 0 Å². The van der Waals surface area contributed by atoms with E-state index in [9.17, 15) is 4.79 Å². The van der Waals surface area contributed by atoms with E-state index >= 15 is 0 Å². The standard InChI is InChI=1S/C19H16N4OS/c1-2-23-12-20-22-18(23)14-7-5-8-15(10-14)21-19(24)17-11-13-6-3-4-9-16(13)25-17/h3-12H,2H2,1H3,(H,21,24). The molecule has 4 aromatic rings. The van der Waals surface area contributed by atoms with Crippen LogP contribution < -0.4 is 5.32 Å². The number of aryl methyl sites for hydroxylation is 1. The first-order valence-corrected chi connectivity index (χ1v) is 8.84. The number of anilines is 1. The maximum absolute atomic E-state index is 12.6. The molecule has 124 valence electrons. The molecule has 0 bridgehead atoms. The van der Waals surface area contributed by atoms with Crippen LogP contribution in [0.15, 0.2) is 60.9 Å². The number of thiophene rings is 1. The number of nitrogens with zero attached hydrogens (tertiary/aromatic N) is 3. The van der Waals surface area contributed by atoms with Gasteiger partial charge in [0.1, 0.15) is 6.33 Å². The fraction of sp³-hybridized carbons (Fsp3) is 0.105. The molecule has 25 heavy (non-hydrogen) atoms. The van der Waals surface area contributed by atoms with Crippen LogP contribution in [0.1, 0.15) is 16.6 Å². The number of carbonyl (C=O) groups excluding carboxylic acids is 1. The highest BCUT2D eigenvalue weighted by Crippen LogP contribution is 2.27. The van der Waals surface area contributed by atoms with Crippen molar-refractivity contribution in [3.05, 3.63) is 65.8 Å². The quantitative estimate of drug-likeness (QED) is 0.593. The van der Waals surface area contributed by atoms with Gasteiger partial charge < -0.3 is 9.88 Å². The summed E-state index contributed by atoms with van der Waals surface area (Å²) < 4.78 is 3.07. The van der Waals surface area contributed by atoms with E-state index in [2.05, 4.69) is 15.5 Å². The van der Waals surface area contributed by atoms with E-state index in [0.29, 0.717) is 4.88 Å². The van der Waals surface area contributed by atoms with Gasteiger partial charge in [0.05, 0.1) is 4.88 Å². The van der Waals surface area contributed by atoms with Crippen molar-refractivity contribution in [1.82, 2.24) is 14.8 Å². The summed E-state index contributed by atoms with van der Waals surface area (Å²) >= 11 is 1.49. The Morgan fingerprint density at radius 1 is 1.16 bits per heavy atom. The molecule has 6 heteroatoms. The molecule has 0 fully saturated rings. The van der Waals surface area contributed by atoms with Gasteiger partial charge in [-0.2, -0.15) is 0 Å². The minimum Gasteiger partial charge on any atom is -0.321 e. The van der Waals surface area contributed by atoms with Crippen LogP contribution >= 0.6 is 11.3 Å². The number of aromatic nitrogens is 3. The second-order valence-corrected chi connectivity index (χ2v) is 6.71. The molecule has 1 N–H and O–H groups in total. The van der Waals surface area contributed by atoms with E-state index in [1.54, 1.807) is 6.33 Å². The van der Waals surface area contributed by atoms with Crippen molar-refractivity contribution in [2.45, 2.75) is 13.5 Å². The molecule has 0 aliphatic rings. The molecule has 0 saturated carbocycles. The Morgan fingerprint density at radius 3 is 2.88 bits per heavy atom. The normalized spacial score (nSPS) is 10.9. The predicted molar refractivity (Wildman–Crippen MR) is 101 cm³/mol. The molecule has 0 saturated heterocycles. The Labute approximate surface area is 149 Å². The molecule has 2 aromatic heterocycles. The minimum atomic E-state index is -0.102. The average molecular weight is 348 g/mol. The lowest BCUT2D eigenvalue weighted by Gasteiger charge is -2.07. The summed E-state index contributed by atoms with van der Waals surface area (Å²) in [7, 11) is 0. The third-order valence-electron chi connectivity index (χ3n) is 3.98. The molecule has 0 aliphatic carbocycles. The van der Waals surface area contributed by atoms with Gasteiger partial charge in [-0.1, -0.05) is 30.3 Å². The maximum Gasteiger partial charge on any atom is 0.265 e. The van der Waals surface area contributed by atoms with Gasteiger partial charge >= 0.3 is 0 Å². The van der Waals surface area contributed by atoms with Crippen molar-refractivity contribution in [2.24, 2.45) is 0 Å². The first kappa shape index (κ1) is 15.5. The molecular formula is C19H16N4OS. The second kappa shape index (κ2) is 6.49. The van der Waals surface area contributed by atoms with E-state index in [-0.39, 0.29) is 5.91 Å². The van der Waals surface area contributed by atoms with Crippen molar-refractivity contribution < 1.29 is 4.79 Å². The summed E-state index contributed by atoms with van der Waals surface area (Å²) in [5.74, 6) is 0.691. The average Bonchev–Trinajstić information content (AvgIpc) is 3.28. The van der Waals surface area contributed by atoms with E-state index < -0.39 is 0 Å². The van der Waals surface area contributed by atoms with Crippen LogP contribution in [0, 0.1) is 0 Å². The Bertz CT molecular complexity index is 1020. The van der Waals surface area contributed by atoms with E-state index in [4.69, 9.17) is 0 Å². The predicted octanol–water partition coefficient (Wildman–Crippen LogP) is 4.43. The van der Waals surface area contributed by atoms with Crippen LogP contribution in [0.25, 0.3) is 21.5 Å². The van der Waals surface area contributed by atoms with Gasteiger partial charge in [-0.3, -0.25) is 4.79 Å². The lowest BCUT2D eigenvalue weighted by molar-refractivity contribution is 0.103. The summed E-state index contributed by atoms with van der Waals surface area (Å²) in [6.07, 6.45) is 1.71. The number of amides is 1. The number of fused-ring (bicyclic) bond motifs is 1. The largest absolute Gasteiger partial charge is 0.321 e. The van der Waals surface area contributed by atoms with Crippen LogP contribution in [0.4, 0.5) is 5.69 Å². The molecule has 1 amide bonds. The van der Waals surface area contributed by atoms with Crippen molar-refractivity contribution >= 4 is 33.0 Å². The van der Waals surface area contributed by atoms with Gasteiger partial charge in [0.25, 0.3) is 5.91 Å². The zero-order valence-electron chi connectivity index (χ0n) is 13.6. The molecule has 2 heterocycles. The molecule has 0 unspecified atom stereocenters. The minimum absolute atomic E-state index is 0.102. The van der Waals surface area contributed by atoms with Gasteiger partial charge in [0.2, 0.25) is 0 Å². The smallest absolute Gasteiger partial charge is 0.265 e. The molecule has 5 nitrogen and oxygen atoms in total. The van der Waals surface area contributed by atoms with E-state index in [1.165, 1.54) is 11.3 Å². The highest BCUT2D eigenvalue weighted by Gasteiger charge is 2.12. The molecule has 0 radical (unpaired) electrons. The number of rotatable bonds is 4. The molecular weight excluding hydrogens is 332 g/mol. The Morgan fingerprint density at radius 2 is 2.04 bits per heavy atom. The highest BCUT2D eigenvalue weighted by atomic mass is 32.1. The van der Waals surface area contributed by atoms with Crippen LogP contribution in [0.2, 0.25) is 0 Å². The molecule has 2 aromatic carbocycles. The van der Waals surface area contributed by atoms with Gasteiger partial charge in [-0.25, -0.2) is 0 Å². The molecule has 4 rings (SSSR count). The van der Waals surface area contributed by atoms with Gasteiger partial charge in [-0.05, 0) is 36.6 Å². The number of benzene rings is 2. The number of carbonyl (C=O) groups is 1.